The number of thioether (sulfide) groups is 1. The van der Waals surface area contributed by atoms with Crippen LogP contribution in [0.5, 0.6) is 0 Å². The molecule has 0 radical (unpaired) electrons. The summed E-state index contributed by atoms with van der Waals surface area (Å²) in [6, 6.07) is 24.3. The number of nitrogens with zero attached hydrogens (tertiary/aromatic N) is 2. The number of benzene rings is 3. The van der Waals surface area contributed by atoms with Crippen molar-refractivity contribution in [2.24, 2.45) is 0 Å². The Morgan fingerprint density at radius 2 is 1.58 bits per heavy atom. The lowest BCUT2D eigenvalue weighted by molar-refractivity contribution is -0.118. The molecule has 0 saturated heterocycles. The SMILES string of the molecule is O=C(CSc1nnc(-c2ccc(F)cc2)c2ccccc12)NCCCc1ccccc1. The van der Waals surface area contributed by atoms with Crippen LogP contribution < -0.4 is 5.32 Å². The van der Waals surface area contributed by atoms with Crippen LogP contribution in [0.25, 0.3) is 22.0 Å². The number of hydrogen-bond donors (Lipinski definition) is 1. The molecule has 0 spiro atoms. The number of fused-ring (bicyclic) bond motifs is 1. The molecule has 0 aliphatic carbocycles. The second-order valence-corrected chi connectivity index (χ2v) is 8.10. The summed E-state index contributed by atoms with van der Waals surface area (Å²) in [5.41, 5.74) is 2.78. The van der Waals surface area contributed by atoms with Gasteiger partial charge in [0.05, 0.1) is 5.75 Å². The summed E-state index contributed by atoms with van der Waals surface area (Å²) >= 11 is 1.37. The predicted molar refractivity (Wildman–Crippen MR) is 123 cm³/mol. The molecule has 4 aromatic rings. The quantitative estimate of drug-likeness (QED) is 0.305. The maximum absolute atomic E-state index is 13.3. The number of aryl methyl sites for hydroxylation is 1. The van der Waals surface area contributed by atoms with E-state index in [0.717, 1.165) is 29.2 Å². The van der Waals surface area contributed by atoms with Crippen molar-refractivity contribution in [2.45, 2.75) is 17.9 Å². The van der Waals surface area contributed by atoms with Crippen molar-refractivity contribution in [3.63, 3.8) is 0 Å². The Labute approximate surface area is 184 Å². The molecule has 4 rings (SSSR count). The smallest absolute Gasteiger partial charge is 0.230 e. The predicted octanol–water partition coefficient (Wildman–Crippen LogP) is 5.28. The average Bonchev–Trinajstić information content (AvgIpc) is 2.81. The Bertz CT molecular complexity index is 1170. The summed E-state index contributed by atoms with van der Waals surface area (Å²) < 4.78 is 13.3. The lowest BCUT2D eigenvalue weighted by atomic mass is 10.1. The largest absolute Gasteiger partial charge is 0.355 e. The number of carbonyl (C=O) groups excluding carboxylic acids is 1. The van der Waals surface area contributed by atoms with E-state index in [-0.39, 0.29) is 17.5 Å². The minimum absolute atomic E-state index is 0.0217. The van der Waals surface area contributed by atoms with Crippen molar-refractivity contribution in [1.29, 1.82) is 0 Å². The summed E-state index contributed by atoms with van der Waals surface area (Å²) in [4.78, 5) is 12.3. The first-order valence-corrected chi connectivity index (χ1v) is 11.1. The fourth-order valence-electron chi connectivity index (χ4n) is 3.36. The molecule has 0 unspecified atom stereocenters. The summed E-state index contributed by atoms with van der Waals surface area (Å²) in [6.45, 7) is 0.643. The van der Waals surface area contributed by atoms with Gasteiger partial charge in [0.15, 0.2) is 0 Å². The van der Waals surface area contributed by atoms with E-state index in [1.54, 1.807) is 12.1 Å². The van der Waals surface area contributed by atoms with Crippen LogP contribution in [-0.4, -0.2) is 28.4 Å². The van der Waals surface area contributed by atoms with Gasteiger partial charge in [-0.3, -0.25) is 4.79 Å². The number of hydrogen-bond acceptors (Lipinski definition) is 4. The Hall–Kier alpha value is -3.25. The maximum Gasteiger partial charge on any atom is 0.230 e. The minimum Gasteiger partial charge on any atom is -0.355 e. The van der Waals surface area contributed by atoms with Crippen molar-refractivity contribution in [1.82, 2.24) is 15.5 Å². The molecule has 4 nitrogen and oxygen atoms in total. The molecule has 0 aliphatic heterocycles. The van der Waals surface area contributed by atoms with Gasteiger partial charge >= 0.3 is 0 Å². The molecular formula is C25H22FN3OS. The zero-order chi connectivity index (χ0) is 21.5. The van der Waals surface area contributed by atoms with Gasteiger partial charge in [0.1, 0.15) is 16.5 Å². The van der Waals surface area contributed by atoms with E-state index in [0.29, 0.717) is 17.3 Å². The van der Waals surface area contributed by atoms with E-state index in [1.165, 1.54) is 29.5 Å². The van der Waals surface area contributed by atoms with Gasteiger partial charge in [-0.15, -0.1) is 10.2 Å². The number of carbonyl (C=O) groups is 1. The van der Waals surface area contributed by atoms with Crippen molar-refractivity contribution >= 4 is 28.4 Å². The van der Waals surface area contributed by atoms with Gasteiger partial charge in [-0.1, -0.05) is 66.4 Å². The molecule has 156 valence electrons. The summed E-state index contributed by atoms with van der Waals surface area (Å²) in [5.74, 6) is -0.0329. The second-order valence-electron chi connectivity index (χ2n) is 7.13. The first-order valence-electron chi connectivity index (χ1n) is 10.2. The molecule has 1 heterocycles. The van der Waals surface area contributed by atoms with Gasteiger partial charge in [0, 0.05) is 22.9 Å². The molecule has 31 heavy (non-hydrogen) atoms. The molecular weight excluding hydrogens is 409 g/mol. The highest BCUT2D eigenvalue weighted by molar-refractivity contribution is 8.00. The molecule has 6 heteroatoms. The molecule has 1 aromatic heterocycles. The second kappa shape index (κ2) is 10.2. The lowest BCUT2D eigenvalue weighted by Crippen LogP contribution is -2.26. The number of nitrogens with one attached hydrogen (secondary N) is 1. The van der Waals surface area contributed by atoms with Crippen molar-refractivity contribution in [3.05, 3.63) is 90.2 Å². The number of amides is 1. The first-order chi connectivity index (χ1) is 15.2. The zero-order valence-electron chi connectivity index (χ0n) is 16.9. The highest BCUT2D eigenvalue weighted by atomic mass is 32.2. The molecule has 0 aliphatic rings. The van der Waals surface area contributed by atoms with E-state index >= 15 is 0 Å². The average molecular weight is 432 g/mol. The molecule has 1 N–H and O–H groups in total. The van der Waals surface area contributed by atoms with Gasteiger partial charge in [-0.25, -0.2) is 4.39 Å². The molecule has 3 aromatic carbocycles. The van der Waals surface area contributed by atoms with Crippen LogP contribution >= 0.6 is 11.8 Å². The van der Waals surface area contributed by atoms with Gasteiger partial charge < -0.3 is 5.32 Å². The van der Waals surface area contributed by atoms with Crippen LogP contribution in [0, 0.1) is 5.82 Å². The third kappa shape index (κ3) is 5.47. The fraction of sp³-hybridized carbons (Fsp3) is 0.160. The van der Waals surface area contributed by atoms with E-state index in [9.17, 15) is 9.18 Å². The molecule has 0 atom stereocenters. The fourth-order valence-corrected chi connectivity index (χ4v) is 4.16. The van der Waals surface area contributed by atoms with Crippen LogP contribution in [0.15, 0.2) is 83.9 Å². The van der Waals surface area contributed by atoms with Crippen molar-refractivity contribution < 1.29 is 9.18 Å². The highest BCUT2D eigenvalue weighted by Gasteiger charge is 2.13. The third-order valence-electron chi connectivity index (χ3n) is 4.92. The normalized spacial score (nSPS) is 10.9. The van der Waals surface area contributed by atoms with Gasteiger partial charge in [-0.2, -0.15) is 0 Å². The first kappa shape index (κ1) is 21.0. The summed E-state index contributed by atoms with van der Waals surface area (Å²) in [7, 11) is 0. The monoisotopic (exact) mass is 431 g/mol. The van der Waals surface area contributed by atoms with E-state index in [1.807, 2.05) is 42.5 Å². The number of aromatic nitrogens is 2. The zero-order valence-corrected chi connectivity index (χ0v) is 17.7. The van der Waals surface area contributed by atoms with E-state index in [4.69, 9.17) is 0 Å². The summed E-state index contributed by atoms with van der Waals surface area (Å²) in [6.07, 6.45) is 1.84. The standard InChI is InChI=1S/C25H22FN3OS/c26-20-14-12-19(13-15-20)24-21-10-4-5-11-22(21)25(29-28-24)31-17-23(30)27-16-6-9-18-7-2-1-3-8-18/h1-5,7-8,10-15H,6,9,16-17H2,(H,27,30). The Morgan fingerprint density at radius 1 is 0.871 bits per heavy atom. The van der Waals surface area contributed by atoms with Gasteiger partial charge in [-0.05, 0) is 42.7 Å². The van der Waals surface area contributed by atoms with Gasteiger partial charge in [0.25, 0.3) is 0 Å². The van der Waals surface area contributed by atoms with Crippen molar-refractivity contribution in [3.8, 4) is 11.3 Å². The Balaban J connectivity index is 1.38. The van der Waals surface area contributed by atoms with E-state index < -0.39 is 0 Å². The lowest BCUT2D eigenvalue weighted by Gasteiger charge is -2.09. The van der Waals surface area contributed by atoms with Crippen LogP contribution in [-0.2, 0) is 11.2 Å². The molecule has 0 bridgehead atoms. The molecule has 1 amide bonds. The topological polar surface area (TPSA) is 54.9 Å². The van der Waals surface area contributed by atoms with Crippen LogP contribution in [0.3, 0.4) is 0 Å². The number of halogens is 1. The number of rotatable bonds is 8. The Morgan fingerprint density at radius 3 is 2.35 bits per heavy atom. The molecule has 0 fully saturated rings. The highest BCUT2D eigenvalue weighted by Crippen LogP contribution is 2.31. The Kier molecular flexibility index (Phi) is 6.89. The third-order valence-corrected chi connectivity index (χ3v) is 5.90. The van der Waals surface area contributed by atoms with E-state index in [2.05, 4.69) is 27.6 Å². The minimum atomic E-state index is -0.289. The van der Waals surface area contributed by atoms with Crippen LogP contribution in [0.1, 0.15) is 12.0 Å². The van der Waals surface area contributed by atoms with Gasteiger partial charge in [0.2, 0.25) is 5.91 Å². The summed E-state index contributed by atoms with van der Waals surface area (Å²) in [5, 5.41) is 14.3. The maximum atomic E-state index is 13.3. The van der Waals surface area contributed by atoms with Crippen LogP contribution in [0.4, 0.5) is 4.39 Å². The molecule has 0 saturated carbocycles. The van der Waals surface area contributed by atoms with Crippen molar-refractivity contribution in [2.75, 3.05) is 12.3 Å². The van der Waals surface area contributed by atoms with Crippen LogP contribution in [0.2, 0.25) is 0 Å².